The zero-order chi connectivity index (χ0) is 23.0. The summed E-state index contributed by atoms with van der Waals surface area (Å²) in [6, 6.07) is 9.84. The Hall–Kier alpha value is -3.40. The number of fused-ring (bicyclic) bond motifs is 1. The van der Waals surface area contributed by atoms with Crippen molar-refractivity contribution in [2.75, 3.05) is 11.9 Å². The number of hydrazine groups is 1. The predicted molar refractivity (Wildman–Crippen MR) is 112 cm³/mol. The van der Waals surface area contributed by atoms with E-state index >= 15 is 0 Å². The van der Waals surface area contributed by atoms with E-state index in [1.807, 2.05) is 26.0 Å². The lowest BCUT2D eigenvalue weighted by atomic mass is 9.98. The summed E-state index contributed by atoms with van der Waals surface area (Å²) in [6.45, 7) is 3.66. The lowest BCUT2D eigenvalue weighted by Crippen LogP contribution is -2.52. The Morgan fingerprint density at radius 2 is 1.97 bits per heavy atom. The summed E-state index contributed by atoms with van der Waals surface area (Å²) >= 11 is 0. The van der Waals surface area contributed by atoms with Gasteiger partial charge in [0.25, 0.3) is 5.91 Å². The lowest BCUT2D eigenvalue weighted by molar-refractivity contribution is -0.139. The van der Waals surface area contributed by atoms with Crippen LogP contribution in [-0.4, -0.2) is 40.8 Å². The molecule has 2 amide bonds. The molecular weight excluding hydrogens is 423 g/mol. The van der Waals surface area contributed by atoms with Crippen LogP contribution >= 0.6 is 0 Å². The van der Waals surface area contributed by atoms with E-state index in [1.165, 1.54) is 24.0 Å². The molecule has 1 saturated heterocycles. The average molecular weight is 445 g/mol. The van der Waals surface area contributed by atoms with Crippen LogP contribution in [0.25, 0.3) is 0 Å². The number of hydrogen-bond acceptors (Lipinski definition) is 5. The summed E-state index contributed by atoms with van der Waals surface area (Å²) in [6.07, 6.45) is -2.57. The molecule has 7 nitrogen and oxygen atoms in total. The molecule has 1 fully saturated rings. The van der Waals surface area contributed by atoms with Crippen LogP contribution in [0.5, 0.6) is 0 Å². The molecule has 0 saturated carbocycles. The van der Waals surface area contributed by atoms with Gasteiger partial charge >= 0.3 is 6.18 Å². The molecule has 2 aromatic carbocycles. The van der Waals surface area contributed by atoms with Crippen molar-refractivity contribution < 1.29 is 22.8 Å². The number of aryl methyl sites for hydroxylation is 2. The van der Waals surface area contributed by atoms with Gasteiger partial charge in [-0.2, -0.15) is 18.3 Å². The van der Waals surface area contributed by atoms with E-state index in [0.717, 1.165) is 28.3 Å². The summed E-state index contributed by atoms with van der Waals surface area (Å²) in [5.74, 6) is -0.995. The summed E-state index contributed by atoms with van der Waals surface area (Å²) < 4.78 is 38.6. The Balaban J connectivity index is 1.40. The number of nitrogens with zero attached hydrogens (tertiary/aromatic N) is 3. The number of anilines is 1. The number of hydrogen-bond donors (Lipinski definition) is 2. The van der Waals surface area contributed by atoms with E-state index in [-0.39, 0.29) is 17.6 Å². The van der Waals surface area contributed by atoms with Gasteiger partial charge in [0.1, 0.15) is 18.9 Å². The van der Waals surface area contributed by atoms with E-state index in [1.54, 1.807) is 5.01 Å². The lowest BCUT2D eigenvalue weighted by Gasteiger charge is -2.29. The second kappa shape index (κ2) is 8.27. The van der Waals surface area contributed by atoms with Crippen LogP contribution in [-0.2, 0) is 15.8 Å². The third-order valence-electron chi connectivity index (χ3n) is 5.65. The number of rotatable bonds is 4. The number of carbonyl (C=O) groups excluding carboxylic acids is 2. The maximum absolute atomic E-state index is 12.9. The molecular formula is C22H22F3N5O2. The van der Waals surface area contributed by atoms with Gasteiger partial charge < -0.3 is 5.32 Å². The Kier molecular flexibility index (Phi) is 5.64. The molecule has 2 heterocycles. The van der Waals surface area contributed by atoms with Gasteiger partial charge in [0.15, 0.2) is 0 Å². The van der Waals surface area contributed by atoms with Crippen LogP contribution in [0.1, 0.15) is 34.7 Å². The van der Waals surface area contributed by atoms with E-state index in [9.17, 15) is 22.8 Å². The van der Waals surface area contributed by atoms with E-state index < -0.39 is 30.2 Å². The standard InChI is InChI=1S/C22H22F3N5O2/c1-13-6-7-15(8-14(13)2)18-10-19-21(32)29(26-12-30(19)28-18)11-20(31)27-17-5-3-4-16(9-17)22(23,24)25/h3-9,12,18-19,28H,10-11H2,1-2H3,(H,27,31). The molecule has 0 bridgehead atoms. The largest absolute Gasteiger partial charge is 0.416 e. The van der Waals surface area contributed by atoms with Crippen molar-refractivity contribution in [2.45, 2.75) is 38.5 Å². The molecule has 32 heavy (non-hydrogen) atoms. The molecule has 0 aliphatic carbocycles. The zero-order valence-electron chi connectivity index (χ0n) is 17.5. The molecule has 4 rings (SSSR count). The third kappa shape index (κ3) is 4.45. The smallest absolute Gasteiger partial charge is 0.324 e. The van der Waals surface area contributed by atoms with Gasteiger partial charge in [-0.15, -0.1) is 0 Å². The SMILES string of the molecule is Cc1ccc(C2CC3C(=O)N(CC(=O)Nc4cccc(C(F)(F)F)c4)N=CN3N2)cc1C. The maximum Gasteiger partial charge on any atom is 0.416 e. The minimum atomic E-state index is -4.51. The zero-order valence-corrected chi connectivity index (χ0v) is 17.5. The number of benzene rings is 2. The summed E-state index contributed by atoms with van der Waals surface area (Å²) in [7, 11) is 0. The highest BCUT2D eigenvalue weighted by Gasteiger charge is 2.41. The number of carbonyl (C=O) groups is 2. The first-order valence-electron chi connectivity index (χ1n) is 10.1. The van der Waals surface area contributed by atoms with Crippen molar-refractivity contribution in [3.05, 3.63) is 64.7 Å². The molecule has 0 radical (unpaired) electrons. The van der Waals surface area contributed by atoms with Gasteiger partial charge in [0.2, 0.25) is 5.91 Å². The topological polar surface area (TPSA) is 77.0 Å². The van der Waals surface area contributed by atoms with Crippen LogP contribution in [0.2, 0.25) is 0 Å². The number of amides is 2. The Labute approximate surface area is 182 Å². The van der Waals surface area contributed by atoms with Crippen molar-refractivity contribution in [3.8, 4) is 0 Å². The van der Waals surface area contributed by atoms with Crippen molar-refractivity contribution in [1.29, 1.82) is 0 Å². The Morgan fingerprint density at radius 1 is 1.19 bits per heavy atom. The minimum Gasteiger partial charge on any atom is -0.324 e. The molecule has 0 spiro atoms. The molecule has 168 valence electrons. The Bertz CT molecular complexity index is 1090. The minimum absolute atomic E-state index is 0.00257. The van der Waals surface area contributed by atoms with Gasteiger partial charge in [-0.3, -0.25) is 14.6 Å². The van der Waals surface area contributed by atoms with E-state index in [0.29, 0.717) is 6.42 Å². The second-order valence-corrected chi connectivity index (χ2v) is 7.94. The van der Waals surface area contributed by atoms with Gasteiger partial charge in [-0.25, -0.2) is 10.4 Å². The number of halogens is 3. The molecule has 2 aromatic rings. The monoisotopic (exact) mass is 445 g/mol. The first kappa shape index (κ1) is 21.8. The number of alkyl halides is 3. The fraction of sp³-hybridized carbons (Fsp3) is 0.318. The highest BCUT2D eigenvalue weighted by molar-refractivity contribution is 5.96. The van der Waals surface area contributed by atoms with Gasteiger partial charge in [-0.1, -0.05) is 24.3 Å². The third-order valence-corrected chi connectivity index (χ3v) is 5.65. The predicted octanol–water partition coefficient (Wildman–Crippen LogP) is 3.37. The first-order chi connectivity index (χ1) is 15.1. The molecule has 2 aliphatic rings. The molecule has 2 atom stereocenters. The summed E-state index contributed by atoms with van der Waals surface area (Å²) in [5, 5.41) is 9.09. The van der Waals surface area contributed by atoms with Crippen LogP contribution < -0.4 is 10.7 Å². The second-order valence-electron chi connectivity index (χ2n) is 7.94. The fourth-order valence-electron chi connectivity index (χ4n) is 3.76. The average Bonchev–Trinajstić information content (AvgIpc) is 3.17. The normalized spacial score (nSPS) is 20.5. The fourth-order valence-corrected chi connectivity index (χ4v) is 3.76. The molecule has 0 aromatic heterocycles. The molecule has 2 unspecified atom stereocenters. The van der Waals surface area contributed by atoms with Gasteiger partial charge in [-0.05, 0) is 55.2 Å². The van der Waals surface area contributed by atoms with Crippen molar-refractivity contribution >= 4 is 23.8 Å². The number of hydrazone groups is 1. The molecule has 10 heteroatoms. The van der Waals surface area contributed by atoms with Crippen molar-refractivity contribution in [2.24, 2.45) is 5.10 Å². The highest BCUT2D eigenvalue weighted by Crippen LogP contribution is 2.31. The quantitative estimate of drug-likeness (QED) is 0.757. The van der Waals surface area contributed by atoms with Crippen molar-refractivity contribution in [3.63, 3.8) is 0 Å². The van der Waals surface area contributed by atoms with E-state index in [2.05, 4.69) is 21.9 Å². The van der Waals surface area contributed by atoms with Crippen LogP contribution in [0.4, 0.5) is 18.9 Å². The Morgan fingerprint density at radius 3 is 2.69 bits per heavy atom. The summed E-state index contributed by atoms with van der Waals surface area (Å²) in [4.78, 5) is 25.2. The van der Waals surface area contributed by atoms with Gasteiger partial charge in [0.05, 0.1) is 11.6 Å². The van der Waals surface area contributed by atoms with Crippen LogP contribution in [0, 0.1) is 13.8 Å². The molecule has 2 aliphatic heterocycles. The maximum atomic E-state index is 12.9. The number of nitrogens with one attached hydrogen (secondary N) is 2. The van der Waals surface area contributed by atoms with Crippen LogP contribution in [0.15, 0.2) is 47.6 Å². The van der Waals surface area contributed by atoms with E-state index in [4.69, 9.17) is 0 Å². The summed E-state index contributed by atoms with van der Waals surface area (Å²) in [5.41, 5.74) is 5.77. The van der Waals surface area contributed by atoms with Crippen LogP contribution in [0.3, 0.4) is 0 Å². The first-order valence-corrected chi connectivity index (χ1v) is 10.1. The highest BCUT2D eigenvalue weighted by atomic mass is 19.4. The van der Waals surface area contributed by atoms with Crippen molar-refractivity contribution in [1.82, 2.24) is 15.4 Å². The van der Waals surface area contributed by atoms with Gasteiger partial charge in [0, 0.05) is 5.69 Å². The molecule has 2 N–H and O–H groups in total.